The van der Waals surface area contributed by atoms with E-state index < -0.39 is 11.7 Å². The van der Waals surface area contributed by atoms with Gasteiger partial charge in [0.25, 0.3) is 0 Å². The molecule has 0 bridgehead atoms. The molecule has 2 aromatic rings. The molecule has 0 N–H and O–H groups in total. The summed E-state index contributed by atoms with van der Waals surface area (Å²) in [5, 5.41) is 4.72. The Morgan fingerprint density at radius 3 is 2.74 bits per heavy atom. The molecule has 7 heteroatoms. The van der Waals surface area contributed by atoms with E-state index in [0.717, 1.165) is 25.3 Å². The Kier molecular flexibility index (Phi) is 4.14. The van der Waals surface area contributed by atoms with Crippen LogP contribution in [0, 0.1) is 0 Å². The predicted molar refractivity (Wildman–Crippen MR) is 83.3 cm³/mol. The minimum Gasteiger partial charge on any atom is -0.356 e. The summed E-state index contributed by atoms with van der Waals surface area (Å²) in [6.45, 7) is 5.72. The highest BCUT2D eigenvalue weighted by molar-refractivity contribution is 6.37. The van der Waals surface area contributed by atoms with Gasteiger partial charge in [0.2, 0.25) is 0 Å². The molecule has 1 aromatic heterocycles. The fourth-order valence-electron chi connectivity index (χ4n) is 2.93. The zero-order valence-corrected chi connectivity index (χ0v) is 13.3. The molecule has 124 valence electrons. The lowest BCUT2D eigenvalue weighted by molar-refractivity contribution is -0.137. The van der Waals surface area contributed by atoms with Crippen LogP contribution < -0.4 is 0 Å². The number of nitrogens with zero attached hydrogens (tertiary/aromatic N) is 2. The second-order valence-corrected chi connectivity index (χ2v) is 6.11. The molecule has 0 amide bonds. The van der Waals surface area contributed by atoms with Crippen molar-refractivity contribution in [2.45, 2.75) is 38.6 Å². The number of hydrogen-bond donors (Lipinski definition) is 0. The van der Waals surface area contributed by atoms with E-state index in [1.807, 2.05) is 0 Å². The number of rotatable bonds is 2. The summed E-state index contributed by atoms with van der Waals surface area (Å²) in [5.74, 6) is 0. The molecule has 1 saturated heterocycles. The van der Waals surface area contributed by atoms with Crippen LogP contribution >= 0.6 is 11.6 Å². The first kappa shape index (κ1) is 16.3. The van der Waals surface area contributed by atoms with Crippen LogP contribution in [-0.2, 0) is 10.9 Å². The third kappa shape index (κ3) is 2.85. The molecule has 1 aliphatic rings. The molecule has 23 heavy (non-hydrogen) atoms. The van der Waals surface area contributed by atoms with Gasteiger partial charge in [-0.3, -0.25) is 0 Å². The lowest BCUT2D eigenvalue weighted by Gasteiger charge is -2.24. The zero-order chi connectivity index (χ0) is 16.8. The minimum atomic E-state index is -4.52. The fraction of sp³-hybridized carbons (Fsp3) is 0.438. The van der Waals surface area contributed by atoms with Crippen LogP contribution in [0.15, 0.2) is 18.8 Å². The van der Waals surface area contributed by atoms with E-state index in [-0.39, 0.29) is 22.4 Å². The highest BCUT2D eigenvalue weighted by Gasteiger charge is 2.36. The topological polar surface area (TPSA) is 27.1 Å². The highest BCUT2D eigenvalue weighted by atomic mass is 35.5. The monoisotopic (exact) mass is 344 g/mol. The van der Waals surface area contributed by atoms with Crippen molar-refractivity contribution in [3.05, 3.63) is 35.0 Å². The van der Waals surface area contributed by atoms with Crippen molar-refractivity contribution in [1.29, 1.82) is 0 Å². The van der Waals surface area contributed by atoms with E-state index in [2.05, 4.69) is 11.7 Å². The third-order valence-corrected chi connectivity index (χ3v) is 4.39. The van der Waals surface area contributed by atoms with E-state index in [1.54, 1.807) is 0 Å². The van der Waals surface area contributed by atoms with Crippen LogP contribution in [0.2, 0.25) is 5.02 Å². The summed E-state index contributed by atoms with van der Waals surface area (Å²) < 4.78 is 47.4. The molecular weight excluding hydrogens is 329 g/mol. The minimum absolute atomic E-state index is 0.0318. The second-order valence-electron chi connectivity index (χ2n) is 5.73. The summed E-state index contributed by atoms with van der Waals surface area (Å²) in [7, 11) is 0. The molecule has 1 atom stereocenters. The van der Waals surface area contributed by atoms with Crippen molar-refractivity contribution < 1.29 is 17.9 Å². The SMILES string of the molecule is C=C(C)c1c(C(F)(F)F)cc2c(cnn2C2CCCCO2)c1Cl. The van der Waals surface area contributed by atoms with Gasteiger partial charge in [0.05, 0.1) is 22.3 Å². The van der Waals surface area contributed by atoms with Crippen molar-refractivity contribution in [3.8, 4) is 0 Å². The first-order valence-corrected chi connectivity index (χ1v) is 7.73. The molecule has 3 nitrogen and oxygen atoms in total. The van der Waals surface area contributed by atoms with Gasteiger partial charge in [-0.15, -0.1) is 0 Å². The van der Waals surface area contributed by atoms with Gasteiger partial charge >= 0.3 is 6.18 Å². The third-order valence-electron chi connectivity index (χ3n) is 4.00. The van der Waals surface area contributed by atoms with Crippen LogP contribution in [0.5, 0.6) is 0 Å². The fourth-order valence-corrected chi connectivity index (χ4v) is 3.34. The summed E-state index contributed by atoms with van der Waals surface area (Å²) in [5.41, 5.74) is -0.263. The molecule has 1 aromatic carbocycles. The summed E-state index contributed by atoms with van der Waals surface area (Å²) in [4.78, 5) is 0. The molecule has 0 aliphatic carbocycles. The van der Waals surface area contributed by atoms with Crippen molar-refractivity contribution in [2.75, 3.05) is 6.61 Å². The van der Waals surface area contributed by atoms with E-state index in [4.69, 9.17) is 16.3 Å². The van der Waals surface area contributed by atoms with Gasteiger partial charge in [-0.25, -0.2) is 4.68 Å². The standard InChI is InChI=1S/C16H16ClF3N2O/c1-9(2)14-11(16(18,19)20)7-12-10(15(14)17)8-21-22(12)13-5-3-4-6-23-13/h7-8,13H,1,3-6H2,2H3. The van der Waals surface area contributed by atoms with Gasteiger partial charge in [0.1, 0.15) is 0 Å². The molecule has 1 aliphatic heterocycles. The number of benzene rings is 1. The van der Waals surface area contributed by atoms with Crippen LogP contribution in [0.1, 0.15) is 43.5 Å². The Morgan fingerprint density at radius 1 is 1.43 bits per heavy atom. The Bertz CT molecular complexity index is 761. The molecule has 1 unspecified atom stereocenters. The van der Waals surface area contributed by atoms with Gasteiger partial charge < -0.3 is 4.74 Å². The Balaban J connectivity index is 2.24. The van der Waals surface area contributed by atoms with Gasteiger partial charge in [-0.05, 0) is 37.8 Å². The number of halogens is 4. The Morgan fingerprint density at radius 2 is 2.17 bits per heavy atom. The number of alkyl halides is 3. The summed E-state index contributed by atoms with van der Waals surface area (Å²) in [6.07, 6.45) is -0.761. The maximum absolute atomic E-state index is 13.4. The van der Waals surface area contributed by atoms with Crippen LogP contribution in [0.25, 0.3) is 16.5 Å². The van der Waals surface area contributed by atoms with Gasteiger partial charge in [0, 0.05) is 17.6 Å². The Hall–Kier alpha value is -1.53. The van der Waals surface area contributed by atoms with Gasteiger partial charge in [-0.1, -0.05) is 18.2 Å². The first-order chi connectivity index (χ1) is 10.8. The van der Waals surface area contributed by atoms with E-state index in [9.17, 15) is 13.2 Å². The smallest absolute Gasteiger partial charge is 0.356 e. The summed E-state index contributed by atoms with van der Waals surface area (Å²) >= 11 is 6.25. The molecule has 1 fully saturated rings. The number of aromatic nitrogens is 2. The van der Waals surface area contributed by atoms with Gasteiger partial charge in [0.15, 0.2) is 6.23 Å². The summed E-state index contributed by atoms with van der Waals surface area (Å²) in [6, 6.07) is 1.09. The largest absolute Gasteiger partial charge is 0.417 e. The average Bonchev–Trinajstić information content (AvgIpc) is 2.91. The molecule has 2 heterocycles. The van der Waals surface area contributed by atoms with Crippen LogP contribution in [0.4, 0.5) is 13.2 Å². The van der Waals surface area contributed by atoms with E-state index in [0.29, 0.717) is 17.5 Å². The van der Waals surface area contributed by atoms with Crippen LogP contribution in [-0.4, -0.2) is 16.4 Å². The molecule has 0 saturated carbocycles. The molecule has 0 radical (unpaired) electrons. The normalized spacial score (nSPS) is 19.3. The predicted octanol–water partition coefficient (Wildman–Crippen LogP) is 5.44. The molecule has 3 rings (SSSR count). The van der Waals surface area contributed by atoms with Crippen molar-refractivity contribution in [2.24, 2.45) is 0 Å². The number of ether oxygens (including phenoxy) is 1. The lowest BCUT2D eigenvalue weighted by atomic mass is 9.99. The van der Waals surface area contributed by atoms with E-state index >= 15 is 0 Å². The van der Waals surface area contributed by atoms with E-state index in [1.165, 1.54) is 17.8 Å². The maximum atomic E-state index is 13.4. The number of hydrogen-bond acceptors (Lipinski definition) is 2. The van der Waals surface area contributed by atoms with Crippen molar-refractivity contribution >= 4 is 28.1 Å². The zero-order valence-electron chi connectivity index (χ0n) is 12.6. The van der Waals surface area contributed by atoms with Gasteiger partial charge in [-0.2, -0.15) is 18.3 Å². The highest BCUT2D eigenvalue weighted by Crippen LogP contribution is 2.42. The van der Waals surface area contributed by atoms with Crippen molar-refractivity contribution in [3.63, 3.8) is 0 Å². The Labute approximate surface area is 136 Å². The van der Waals surface area contributed by atoms with Crippen molar-refractivity contribution in [1.82, 2.24) is 9.78 Å². The lowest BCUT2D eigenvalue weighted by Crippen LogP contribution is -2.19. The first-order valence-electron chi connectivity index (χ1n) is 7.35. The average molecular weight is 345 g/mol. The number of allylic oxidation sites excluding steroid dienone is 1. The number of fused-ring (bicyclic) bond motifs is 1. The van der Waals surface area contributed by atoms with Crippen LogP contribution in [0.3, 0.4) is 0 Å². The maximum Gasteiger partial charge on any atom is 0.417 e. The quantitative estimate of drug-likeness (QED) is 0.725. The molecular formula is C16H16ClF3N2O. The second kappa shape index (κ2) is 5.83. The molecule has 0 spiro atoms.